The molecule has 0 unspecified atom stereocenters. The number of aryl methyl sites for hydroxylation is 2. The van der Waals surface area contributed by atoms with Crippen molar-refractivity contribution in [2.24, 2.45) is 4.99 Å². The minimum atomic E-state index is -0.800. The molecular formula is C22H32F2IN5O. The fraction of sp³-hybridized carbons (Fsp3) is 0.545. The van der Waals surface area contributed by atoms with Crippen LogP contribution in [0.25, 0.3) is 0 Å². The van der Waals surface area contributed by atoms with Gasteiger partial charge in [0.25, 0.3) is 0 Å². The van der Waals surface area contributed by atoms with Gasteiger partial charge in [-0.25, -0.2) is 8.78 Å². The van der Waals surface area contributed by atoms with Gasteiger partial charge in [0, 0.05) is 44.3 Å². The molecular weight excluding hydrogens is 515 g/mol. The van der Waals surface area contributed by atoms with E-state index in [1.165, 1.54) is 12.1 Å². The van der Waals surface area contributed by atoms with Crippen molar-refractivity contribution in [1.82, 2.24) is 20.7 Å². The Kier molecular flexibility index (Phi) is 10.1. The summed E-state index contributed by atoms with van der Waals surface area (Å²) in [4.78, 5) is 6.97. The number of guanidine groups is 1. The van der Waals surface area contributed by atoms with Crippen LogP contribution in [0.2, 0.25) is 0 Å². The van der Waals surface area contributed by atoms with Crippen molar-refractivity contribution in [1.29, 1.82) is 0 Å². The van der Waals surface area contributed by atoms with Crippen molar-refractivity contribution in [3.63, 3.8) is 0 Å². The van der Waals surface area contributed by atoms with Crippen LogP contribution in [-0.2, 0) is 13.0 Å². The fourth-order valence-corrected chi connectivity index (χ4v) is 3.78. The third-order valence-electron chi connectivity index (χ3n) is 5.48. The molecule has 2 N–H and O–H groups in total. The Morgan fingerprint density at radius 1 is 1.23 bits per heavy atom. The fourth-order valence-electron chi connectivity index (χ4n) is 3.78. The molecule has 1 aliphatic heterocycles. The van der Waals surface area contributed by atoms with E-state index in [0.717, 1.165) is 67.4 Å². The lowest BCUT2D eigenvalue weighted by molar-refractivity contribution is 0.198. The summed E-state index contributed by atoms with van der Waals surface area (Å²) in [5.74, 6) is 0.0933. The van der Waals surface area contributed by atoms with Crippen LogP contribution in [0.1, 0.15) is 42.3 Å². The summed E-state index contributed by atoms with van der Waals surface area (Å²) in [5.41, 5.74) is 2.85. The van der Waals surface area contributed by atoms with E-state index in [2.05, 4.69) is 27.6 Å². The molecule has 1 saturated heterocycles. The molecule has 1 fully saturated rings. The number of hydrogen-bond donors (Lipinski definition) is 2. The monoisotopic (exact) mass is 547 g/mol. The first-order chi connectivity index (χ1) is 14.5. The maximum atomic E-state index is 13.4. The number of piperidine rings is 1. The molecule has 1 aliphatic rings. The summed E-state index contributed by atoms with van der Waals surface area (Å²) in [5, 5.41) is 10.8. The Morgan fingerprint density at radius 2 is 1.97 bits per heavy atom. The van der Waals surface area contributed by atoms with Crippen molar-refractivity contribution in [2.75, 3.05) is 26.2 Å². The molecule has 0 atom stereocenters. The molecule has 1 aromatic heterocycles. The lowest BCUT2D eigenvalue weighted by Gasteiger charge is -2.33. The molecule has 0 amide bonds. The van der Waals surface area contributed by atoms with Gasteiger partial charge in [-0.15, -0.1) is 24.0 Å². The maximum Gasteiger partial charge on any atom is 0.191 e. The second-order valence-corrected chi connectivity index (χ2v) is 7.76. The molecule has 31 heavy (non-hydrogen) atoms. The largest absolute Gasteiger partial charge is 0.361 e. The van der Waals surface area contributed by atoms with E-state index in [9.17, 15) is 8.78 Å². The zero-order chi connectivity index (χ0) is 21.5. The van der Waals surface area contributed by atoms with Crippen molar-refractivity contribution in [2.45, 2.75) is 52.6 Å². The summed E-state index contributed by atoms with van der Waals surface area (Å²) in [6.45, 7) is 9.82. The van der Waals surface area contributed by atoms with Gasteiger partial charge in [0.2, 0.25) is 0 Å². The zero-order valence-corrected chi connectivity index (χ0v) is 20.7. The Balaban J connectivity index is 0.00000341. The average Bonchev–Trinajstić information content (AvgIpc) is 3.04. The molecule has 0 radical (unpaired) electrons. The highest BCUT2D eigenvalue weighted by Gasteiger charge is 2.20. The maximum absolute atomic E-state index is 13.4. The minimum absolute atomic E-state index is 0. The highest BCUT2D eigenvalue weighted by atomic mass is 127. The topological polar surface area (TPSA) is 65.7 Å². The van der Waals surface area contributed by atoms with E-state index >= 15 is 0 Å². The number of benzene rings is 1. The summed E-state index contributed by atoms with van der Waals surface area (Å²) < 4.78 is 31.7. The Morgan fingerprint density at radius 3 is 2.58 bits per heavy atom. The quantitative estimate of drug-likeness (QED) is 0.313. The van der Waals surface area contributed by atoms with Crippen LogP contribution >= 0.6 is 24.0 Å². The molecule has 0 bridgehead atoms. The first kappa shape index (κ1) is 25.5. The van der Waals surface area contributed by atoms with Crippen LogP contribution in [0.4, 0.5) is 8.78 Å². The number of nitrogens with one attached hydrogen (secondary N) is 2. The summed E-state index contributed by atoms with van der Waals surface area (Å²) in [7, 11) is 0. The summed E-state index contributed by atoms with van der Waals surface area (Å²) in [6, 6.07) is 4.47. The van der Waals surface area contributed by atoms with Crippen molar-refractivity contribution < 1.29 is 13.3 Å². The number of aromatic nitrogens is 1. The molecule has 3 rings (SSSR count). The zero-order valence-electron chi connectivity index (χ0n) is 18.4. The minimum Gasteiger partial charge on any atom is -0.361 e. The van der Waals surface area contributed by atoms with Crippen molar-refractivity contribution in [3.05, 3.63) is 52.4 Å². The van der Waals surface area contributed by atoms with Gasteiger partial charge in [-0.2, -0.15) is 0 Å². The molecule has 2 aromatic rings. The van der Waals surface area contributed by atoms with E-state index in [-0.39, 0.29) is 24.0 Å². The number of aliphatic imine (C=N–C) groups is 1. The highest BCUT2D eigenvalue weighted by Crippen LogP contribution is 2.16. The van der Waals surface area contributed by atoms with Gasteiger partial charge in [0.05, 0.1) is 5.69 Å². The SMILES string of the molecule is CCNC(=NCCc1c(C)noc1C)NC1CCN(Cc2ccc(F)c(F)c2)CC1.I. The second kappa shape index (κ2) is 12.3. The lowest BCUT2D eigenvalue weighted by Crippen LogP contribution is -2.48. The third-order valence-corrected chi connectivity index (χ3v) is 5.48. The van der Waals surface area contributed by atoms with Gasteiger partial charge in [0.15, 0.2) is 17.6 Å². The van der Waals surface area contributed by atoms with Crippen LogP contribution in [0.5, 0.6) is 0 Å². The number of halogens is 3. The molecule has 172 valence electrons. The lowest BCUT2D eigenvalue weighted by atomic mass is 10.0. The van der Waals surface area contributed by atoms with Crippen molar-refractivity contribution >= 4 is 29.9 Å². The van der Waals surface area contributed by atoms with Crippen molar-refractivity contribution in [3.8, 4) is 0 Å². The summed E-state index contributed by atoms with van der Waals surface area (Å²) in [6.07, 6.45) is 2.74. The standard InChI is InChI=1S/C22H31F2N5O.HI/c1-4-25-22(26-10-7-19-15(2)28-30-16(19)3)27-18-8-11-29(12-9-18)14-17-5-6-20(23)21(24)13-17;/h5-6,13,18H,4,7-12,14H2,1-3H3,(H2,25,26,27);1H. The normalized spacial score (nSPS) is 15.6. The third kappa shape index (κ3) is 7.41. The second-order valence-electron chi connectivity index (χ2n) is 7.76. The van der Waals surface area contributed by atoms with E-state index in [1.807, 2.05) is 13.8 Å². The molecule has 0 aliphatic carbocycles. The predicted molar refractivity (Wildman–Crippen MR) is 129 cm³/mol. The van der Waals surface area contributed by atoms with Crippen LogP contribution in [-0.4, -0.2) is 48.2 Å². The number of hydrogen-bond acceptors (Lipinski definition) is 4. The average molecular weight is 547 g/mol. The van der Waals surface area contributed by atoms with E-state index < -0.39 is 11.6 Å². The van der Waals surface area contributed by atoms with Gasteiger partial charge < -0.3 is 15.2 Å². The van der Waals surface area contributed by atoms with E-state index in [1.54, 1.807) is 6.07 Å². The van der Waals surface area contributed by atoms with Gasteiger partial charge >= 0.3 is 0 Å². The van der Waals surface area contributed by atoms with E-state index in [0.29, 0.717) is 19.1 Å². The van der Waals surface area contributed by atoms with Crippen LogP contribution in [0, 0.1) is 25.5 Å². The Hall–Kier alpha value is -1.75. The Labute approximate surface area is 199 Å². The molecule has 6 nitrogen and oxygen atoms in total. The Bertz CT molecular complexity index is 846. The van der Waals surface area contributed by atoms with Crippen LogP contribution < -0.4 is 10.6 Å². The smallest absolute Gasteiger partial charge is 0.191 e. The molecule has 0 saturated carbocycles. The molecule has 2 heterocycles. The molecule has 1 aromatic carbocycles. The predicted octanol–water partition coefficient (Wildman–Crippen LogP) is 3.95. The van der Waals surface area contributed by atoms with Gasteiger partial charge in [-0.05, 0) is 57.7 Å². The van der Waals surface area contributed by atoms with Gasteiger partial charge in [-0.3, -0.25) is 9.89 Å². The highest BCUT2D eigenvalue weighted by molar-refractivity contribution is 14.0. The number of rotatable bonds is 7. The number of likely N-dealkylation sites (tertiary alicyclic amines) is 1. The van der Waals surface area contributed by atoms with E-state index in [4.69, 9.17) is 9.52 Å². The molecule has 9 heteroatoms. The number of nitrogens with zero attached hydrogens (tertiary/aromatic N) is 3. The van der Waals surface area contributed by atoms with Crippen LogP contribution in [0.3, 0.4) is 0 Å². The van der Waals surface area contributed by atoms with Crippen LogP contribution in [0.15, 0.2) is 27.7 Å². The molecule has 0 spiro atoms. The first-order valence-electron chi connectivity index (χ1n) is 10.6. The first-order valence-corrected chi connectivity index (χ1v) is 10.6. The van der Waals surface area contributed by atoms with Gasteiger partial charge in [-0.1, -0.05) is 11.2 Å². The summed E-state index contributed by atoms with van der Waals surface area (Å²) >= 11 is 0. The van der Waals surface area contributed by atoms with Gasteiger partial charge in [0.1, 0.15) is 5.76 Å².